The molecule has 3 rings (SSSR count). The van der Waals surface area contributed by atoms with Crippen molar-refractivity contribution in [2.24, 2.45) is 0 Å². The Hall–Kier alpha value is -3.38. The van der Waals surface area contributed by atoms with Crippen molar-refractivity contribution < 1.29 is 32.4 Å². The summed E-state index contributed by atoms with van der Waals surface area (Å²) in [6.07, 6.45) is -1.48. The maximum atomic E-state index is 13.8. The van der Waals surface area contributed by atoms with Gasteiger partial charge in [0.1, 0.15) is 0 Å². The number of nitrogens with one attached hydrogen (secondary N) is 1. The molecule has 0 saturated carbocycles. The number of carbonyl (C=O) groups is 2. The molecule has 9 heteroatoms. The van der Waals surface area contributed by atoms with Crippen LogP contribution < -0.4 is 21.2 Å². The van der Waals surface area contributed by atoms with Gasteiger partial charge in [-0.25, -0.2) is 0 Å². The number of amides is 1. The summed E-state index contributed by atoms with van der Waals surface area (Å²) in [7, 11) is 0. The minimum absolute atomic E-state index is 0.228. The summed E-state index contributed by atoms with van der Waals surface area (Å²) in [5.74, 6) is -2.20. The van der Waals surface area contributed by atoms with E-state index in [0.717, 1.165) is 25.7 Å². The predicted octanol–water partition coefficient (Wildman–Crippen LogP) is 6.14. The Morgan fingerprint density at radius 1 is 0.684 bits per heavy atom. The number of halogens is 3. The summed E-state index contributed by atoms with van der Waals surface area (Å²) >= 11 is 0. The normalized spacial score (nSPS) is 12.8. The molecule has 0 aromatic heterocycles. The molecule has 5 nitrogen and oxygen atoms in total. The molecule has 0 heterocycles. The van der Waals surface area contributed by atoms with Gasteiger partial charge in [-0.2, -0.15) is 0 Å². The minimum atomic E-state index is -5.16. The van der Waals surface area contributed by atoms with Crippen molar-refractivity contribution in [1.29, 1.82) is 0 Å². The Morgan fingerprint density at radius 3 is 1.47 bits per heavy atom. The van der Waals surface area contributed by atoms with Gasteiger partial charge >= 0.3 is 221 Å². The van der Waals surface area contributed by atoms with E-state index in [-0.39, 0.29) is 6.16 Å². The van der Waals surface area contributed by atoms with Crippen LogP contribution in [0.25, 0.3) is 0 Å². The third-order valence-electron chi connectivity index (χ3n) is 6.71. The van der Waals surface area contributed by atoms with E-state index in [0.29, 0.717) is 35.3 Å². The van der Waals surface area contributed by atoms with Crippen molar-refractivity contribution in [1.82, 2.24) is 5.32 Å². The number of hydrogen-bond acceptors (Lipinski definition) is 3. The summed E-state index contributed by atoms with van der Waals surface area (Å²) in [4.78, 5) is 23.3. The summed E-state index contributed by atoms with van der Waals surface area (Å²) in [6, 6.07) is 26.5. The summed E-state index contributed by atoms with van der Waals surface area (Å²) in [6.45, 7) is -4.03. The summed E-state index contributed by atoms with van der Waals surface area (Å²) in [5, 5.41) is 12.7. The zero-order chi connectivity index (χ0) is 27.5. The van der Waals surface area contributed by atoms with Crippen LogP contribution in [0, 0.1) is 0 Å². The average molecular weight is 548 g/mol. The molecule has 0 unspecified atom stereocenters. The number of benzene rings is 3. The van der Waals surface area contributed by atoms with Gasteiger partial charge < -0.3 is 0 Å². The molecule has 0 bridgehead atoms. The Balaban J connectivity index is 2.04. The molecule has 0 aliphatic heterocycles. The molecule has 3 aromatic rings. The van der Waals surface area contributed by atoms with Gasteiger partial charge in [0, 0.05) is 0 Å². The van der Waals surface area contributed by atoms with Crippen molar-refractivity contribution in [2.45, 2.75) is 44.7 Å². The number of alkyl halides is 3. The number of rotatable bonds is 13. The number of carbonyl (C=O) groups excluding carboxylic acids is 1. The van der Waals surface area contributed by atoms with E-state index in [9.17, 15) is 22.8 Å². The van der Waals surface area contributed by atoms with Crippen LogP contribution in [0.15, 0.2) is 91.0 Å². The second kappa shape index (κ2) is 12.9. The van der Waals surface area contributed by atoms with Crippen LogP contribution in [-0.2, 0) is 9.32 Å². The van der Waals surface area contributed by atoms with Crippen molar-refractivity contribution in [3.05, 3.63) is 91.0 Å². The fraction of sp³-hybridized carbons (Fsp3) is 0.310. The summed E-state index contributed by atoms with van der Waals surface area (Å²) < 4.78 is 47.5. The fourth-order valence-electron chi connectivity index (χ4n) is 4.94. The van der Waals surface area contributed by atoms with Crippen molar-refractivity contribution in [3.8, 4) is 0 Å². The topological polar surface area (TPSA) is 75.6 Å². The van der Waals surface area contributed by atoms with E-state index in [4.69, 9.17) is 9.63 Å². The fourth-order valence-corrected chi connectivity index (χ4v) is 10.7. The van der Waals surface area contributed by atoms with Crippen LogP contribution in [0.3, 0.4) is 0 Å². The first-order valence-corrected chi connectivity index (χ1v) is 15.0. The van der Waals surface area contributed by atoms with E-state index < -0.39 is 25.1 Å². The number of hydrogen-bond donors (Lipinski definition) is 2. The first-order valence-electron chi connectivity index (χ1n) is 12.7. The van der Waals surface area contributed by atoms with Gasteiger partial charge in [0.2, 0.25) is 0 Å². The Morgan fingerprint density at radius 2 is 1.08 bits per heavy atom. The van der Waals surface area contributed by atoms with Gasteiger partial charge in [-0.3, -0.25) is 0 Å². The molecule has 38 heavy (non-hydrogen) atoms. The zero-order valence-electron chi connectivity index (χ0n) is 21.1. The van der Waals surface area contributed by atoms with Crippen LogP contribution in [0.2, 0.25) is 0 Å². The third kappa shape index (κ3) is 6.54. The molecule has 3 aromatic carbocycles. The Bertz CT molecular complexity index is 1080. The molecule has 0 spiro atoms. The van der Waals surface area contributed by atoms with Gasteiger partial charge in [0.25, 0.3) is 0 Å². The van der Waals surface area contributed by atoms with E-state index in [1.54, 1.807) is 91.0 Å². The molecule has 204 valence electrons. The quantitative estimate of drug-likeness (QED) is 0.199. The van der Waals surface area contributed by atoms with Crippen LogP contribution >= 0.6 is 6.83 Å². The number of unbranched alkanes of at least 4 members (excludes halogenated alkanes) is 5. The molecular formula is C29H33F3NO4P. The van der Waals surface area contributed by atoms with Gasteiger partial charge in [0.05, 0.1) is 0 Å². The second-order valence-electron chi connectivity index (χ2n) is 9.17. The van der Waals surface area contributed by atoms with Gasteiger partial charge in [-0.1, -0.05) is 0 Å². The molecule has 1 amide bonds. The van der Waals surface area contributed by atoms with Crippen LogP contribution in [0.4, 0.5) is 18.0 Å². The number of carboxylic acid groups (broad SMARTS) is 1. The molecule has 0 aliphatic carbocycles. The Labute approximate surface area is 221 Å². The SMILES string of the molecule is O=C(O)NCCCCCCCCP(OC(=O)C(F)(F)F)(c1ccccc1)(c1ccccc1)c1ccccc1. The second-order valence-corrected chi connectivity index (χ2v) is 13.8. The van der Waals surface area contributed by atoms with Gasteiger partial charge in [-0.15, -0.1) is 0 Å². The average Bonchev–Trinajstić information content (AvgIpc) is 2.92. The first-order chi connectivity index (χ1) is 18.2. The molecule has 0 radical (unpaired) electrons. The molecule has 2 N–H and O–H groups in total. The molecular weight excluding hydrogens is 514 g/mol. The standard InChI is InChI=1S/C29H33F3NO4P/c30-29(31,32)27(34)37-38(24-16-8-5-9-17-24,25-18-10-6-11-19-25,26-20-12-7-13-21-26)23-15-4-2-1-3-14-22-33-28(35)36/h5-13,16-21,33H,1-4,14-15,22-23H2,(H,35,36). The zero-order valence-corrected chi connectivity index (χ0v) is 22.0. The maximum absolute atomic E-state index is 13.8. The molecule has 0 saturated heterocycles. The molecule has 0 aliphatic rings. The van der Waals surface area contributed by atoms with E-state index in [2.05, 4.69) is 5.32 Å². The van der Waals surface area contributed by atoms with Crippen molar-refractivity contribution in [3.63, 3.8) is 0 Å². The Kier molecular flexibility index (Phi) is 9.92. The summed E-state index contributed by atoms with van der Waals surface area (Å²) in [5.41, 5.74) is 0. The first kappa shape index (κ1) is 29.2. The van der Waals surface area contributed by atoms with E-state index in [1.165, 1.54) is 0 Å². The van der Waals surface area contributed by atoms with Crippen LogP contribution in [-0.4, -0.2) is 36.1 Å². The third-order valence-corrected chi connectivity index (χ3v) is 12.6. The molecule has 0 atom stereocenters. The predicted molar refractivity (Wildman–Crippen MR) is 146 cm³/mol. The van der Waals surface area contributed by atoms with Gasteiger partial charge in [-0.05, 0) is 0 Å². The monoisotopic (exact) mass is 547 g/mol. The van der Waals surface area contributed by atoms with Crippen LogP contribution in [0.5, 0.6) is 0 Å². The van der Waals surface area contributed by atoms with Crippen molar-refractivity contribution in [2.75, 3.05) is 12.7 Å². The van der Waals surface area contributed by atoms with Gasteiger partial charge in [0.15, 0.2) is 0 Å². The van der Waals surface area contributed by atoms with E-state index in [1.807, 2.05) is 0 Å². The van der Waals surface area contributed by atoms with Crippen LogP contribution in [0.1, 0.15) is 38.5 Å². The molecule has 0 fully saturated rings. The van der Waals surface area contributed by atoms with E-state index >= 15 is 0 Å². The van der Waals surface area contributed by atoms with Crippen molar-refractivity contribution >= 4 is 34.8 Å².